The molecule has 14 heteroatoms. The molecule has 0 amide bonds. The van der Waals surface area contributed by atoms with Crippen LogP contribution >= 0.6 is 7.82 Å². The molecule has 0 radical (unpaired) electrons. The number of nitrogens with two attached hydrogens (primary N) is 1. The van der Waals surface area contributed by atoms with Gasteiger partial charge in [-0.2, -0.15) is 0 Å². The Balaban J connectivity index is 0.000000316. The van der Waals surface area contributed by atoms with Gasteiger partial charge in [-0.05, 0) is 57.0 Å². The summed E-state index contributed by atoms with van der Waals surface area (Å²) in [6.07, 6.45) is 8.32. The Morgan fingerprint density at radius 2 is 1.69 bits per heavy atom. The van der Waals surface area contributed by atoms with E-state index in [9.17, 15) is 9.46 Å². The maximum atomic E-state index is 12.1. The minimum Gasteiger partial charge on any atom is -0.407 e. The van der Waals surface area contributed by atoms with Crippen LogP contribution in [0.4, 0.5) is 5.82 Å². The molecular formula is C28H53N6O6PSi. The van der Waals surface area contributed by atoms with Crippen LogP contribution in [0.1, 0.15) is 86.3 Å². The highest BCUT2D eigenvalue weighted by molar-refractivity contribution is 7.47. The van der Waals surface area contributed by atoms with E-state index in [-0.39, 0.29) is 17.5 Å². The van der Waals surface area contributed by atoms with Crippen LogP contribution in [-0.4, -0.2) is 82.2 Å². The topological polar surface area (TPSA) is 147 Å². The van der Waals surface area contributed by atoms with Gasteiger partial charge in [0.25, 0.3) is 0 Å². The number of rotatable bonds is 12. The van der Waals surface area contributed by atoms with Crippen LogP contribution in [0.5, 0.6) is 0 Å². The molecule has 0 aromatic carbocycles. The number of aromatic nitrogens is 4. The van der Waals surface area contributed by atoms with Gasteiger partial charge < -0.3 is 24.7 Å². The van der Waals surface area contributed by atoms with E-state index in [0.29, 0.717) is 11.2 Å². The van der Waals surface area contributed by atoms with Gasteiger partial charge >= 0.3 is 7.82 Å². The molecule has 0 saturated carbocycles. The van der Waals surface area contributed by atoms with Gasteiger partial charge in [0, 0.05) is 0 Å². The number of fused-ring (bicyclic) bond motifs is 2. The summed E-state index contributed by atoms with van der Waals surface area (Å²) in [7, 11) is -6.46. The van der Waals surface area contributed by atoms with Crippen LogP contribution in [0, 0.1) is 0 Å². The molecule has 2 aliphatic heterocycles. The number of unbranched alkanes of at least 4 members (excludes halogenated alkanes) is 3. The molecule has 3 N–H and O–H groups in total. The SMILES string of the molecule is CC(C)(C)[Si](C)(C)O[C@@H]1[C@@H]2OP(=O)(O)OC[C@H]2O[C@H]1n1cnc2c(N)ncnc21.CCCCN(CCCC)CCCC. The first kappa shape index (κ1) is 35.0. The van der Waals surface area contributed by atoms with Crippen molar-refractivity contribution in [3.63, 3.8) is 0 Å². The van der Waals surface area contributed by atoms with Crippen molar-refractivity contribution in [3.05, 3.63) is 12.7 Å². The van der Waals surface area contributed by atoms with Crippen molar-refractivity contribution in [2.75, 3.05) is 32.0 Å². The highest BCUT2D eigenvalue weighted by atomic mass is 31.2. The molecule has 2 saturated heterocycles. The van der Waals surface area contributed by atoms with Crippen molar-refractivity contribution in [2.45, 2.75) is 123 Å². The first-order valence-electron chi connectivity index (χ1n) is 15.4. The van der Waals surface area contributed by atoms with Crippen molar-refractivity contribution in [2.24, 2.45) is 0 Å². The zero-order chi connectivity index (χ0) is 31.1. The molecule has 240 valence electrons. The molecule has 2 aliphatic rings. The fraction of sp³-hybridized carbons (Fsp3) is 0.821. The monoisotopic (exact) mass is 628 g/mol. The van der Waals surface area contributed by atoms with Crippen molar-refractivity contribution in [3.8, 4) is 0 Å². The predicted molar refractivity (Wildman–Crippen MR) is 168 cm³/mol. The lowest BCUT2D eigenvalue weighted by atomic mass is 10.1. The zero-order valence-corrected chi connectivity index (χ0v) is 28.7. The van der Waals surface area contributed by atoms with E-state index in [1.165, 1.54) is 64.5 Å². The number of phosphoric acid groups is 1. The molecule has 0 bridgehead atoms. The Morgan fingerprint density at radius 1 is 1.10 bits per heavy atom. The van der Waals surface area contributed by atoms with Crippen LogP contribution < -0.4 is 5.73 Å². The van der Waals surface area contributed by atoms with Crippen molar-refractivity contribution in [1.29, 1.82) is 0 Å². The molecule has 42 heavy (non-hydrogen) atoms. The number of hydrogen-bond acceptors (Lipinski definition) is 10. The number of nitrogens with zero attached hydrogens (tertiary/aromatic N) is 5. The zero-order valence-electron chi connectivity index (χ0n) is 26.8. The molecule has 5 atom stereocenters. The summed E-state index contributed by atoms with van der Waals surface area (Å²) >= 11 is 0. The van der Waals surface area contributed by atoms with Crippen molar-refractivity contribution in [1.82, 2.24) is 24.4 Å². The third-order valence-corrected chi connectivity index (χ3v) is 13.8. The first-order chi connectivity index (χ1) is 19.7. The summed E-state index contributed by atoms with van der Waals surface area (Å²) in [6, 6.07) is 0. The summed E-state index contributed by atoms with van der Waals surface area (Å²) in [5.41, 5.74) is 6.84. The number of nitrogen functional groups attached to an aromatic ring is 1. The summed E-state index contributed by atoms with van der Waals surface area (Å²) in [6.45, 7) is 21.2. The van der Waals surface area contributed by atoms with Gasteiger partial charge in [-0.15, -0.1) is 0 Å². The first-order valence-corrected chi connectivity index (χ1v) is 19.8. The molecule has 1 unspecified atom stereocenters. The third-order valence-electron chi connectivity index (χ3n) is 8.32. The minimum absolute atomic E-state index is 0.0734. The maximum absolute atomic E-state index is 12.1. The van der Waals surface area contributed by atoms with Crippen LogP contribution in [0.25, 0.3) is 11.2 Å². The summed E-state index contributed by atoms with van der Waals surface area (Å²) in [5, 5.41) is -0.0900. The highest BCUT2D eigenvalue weighted by Crippen LogP contribution is 2.54. The van der Waals surface area contributed by atoms with E-state index < -0.39 is 40.7 Å². The quantitative estimate of drug-likeness (QED) is 0.214. The molecular weight excluding hydrogens is 575 g/mol. The molecule has 2 fully saturated rings. The summed E-state index contributed by atoms with van der Waals surface area (Å²) in [5.74, 6) is 0.255. The fourth-order valence-corrected chi connectivity index (χ4v) is 6.97. The summed E-state index contributed by atoms with van der Waals surface area (Å²) < 4.78 is 36.9. The molecule has 0 spiro atoms. The predicted octanol–water partition coefficient (Wildman–Crippen LogP) is 5.90. The van der Waals surface area contributed by atoms with E-state index in [4.69, 9.17) is 23.9 Å². The van der Waals surface area contributed by atoms with Gasteiger partial charge in [0.15, 0.2) is 26.0 Å². The van der Waals surface area contributed by atoms with Gasteiger partial charge in [-0.25, -0.2) is 19.5 Å². The Bertz CT molecular complexity index is 1160. The lowest BCUT2D eigenvalue weighted by Gasteiger charge is -2.41. The molecule has 4 heterocycles. The Hall–Kier alpha value is -1.44. The largest absolute Gasteiger partial charge is 0.472 e. The number of ether oxygens (including phenoxy) is 1. The number of anilines is 1. The second-order valence-electron chi connectivity index (χ2n) is 12.7. The van der Waals surface area contributed by atoms with Gasteiger partial charge in [-0.1, -0.05) is 60.8 Å². The van der Waals surface area contributed by atoms with Crippen LogP contribution in [0.2, 0.25) is 18.1 Å². The minimum atomic E-state index is -4.17. The number of imidazole rings is 1. The van der Waals surface area contributed by atoms with Crippen molar-refractivity contribution >= 4 is 33.1 Å². The fourth-order valence-electron chi connectivity index (χ4n) is 4.72. The normalized spacial score (nSPS) is 26.3. The van der Waals surface area contributed by atoms with Gasteiger partial charge in [0.1, 0.15) is 30.2 Å². The standard InChI is InChI=1S/C16H26N5O6PSi.C12H27N/c1-16(2,3)29(4,5)27-12-11-9(6-24-28(22,23)26-11)25-15(12)21-8-20-10-13(17)18-7-19-14(10)21;1-4-7-10-13(11-8-5-2)12-9-6-3/h7-9,11-12,15H,6H2,1-5H3,(H,22,23)(H2,17,18,19);4-12H2,1-3H3/t9-,11-,12-,15-;/m1./s1. The van der Waals surface area contributed by atoms with E-state index >= 15 is 0 Å². The highest BCUT2D eigenvalue weighted by Gasteiger charge is 2.56. The maximum Gasteiger partial charge on any atom is 0.472 e. The Labute approximate surface area is 252 Å². The third kappa shape index (κ3) is 8.81. The molecule has 2 aromatic rings. The molecule has 2 aromatic heterocycles. The van der Waals surface area contributed by atoms with Crippen molar-refractivity contribution < 1.29 is 27.7 Å². The number of phosphoric ester groups is 1. The average Bonchev–Trinajstić information content (AvgIpc) is 3.49. The Kier molecular flexibility index (Phi) is 12.5. The second kappa shape index (κ2) is 15.0. The van der Waals surface area contributed by atoms with Gasteiger partial charge in [0.05, 0.1) is 12.9 Å². The smallest absolute Gasteiger partial charge is 0.407 e. The summed E-state index contributed by atoms with van der Waals surface area (Å²) in [4.78, 5) is 25.1. The van der Waals surface area contributed by atoms with E-state index in [1.807, 2.05) is 0 Å². The molecule has 12 nitrogen and oxygen atoms in total. The van der Waals surface area contributed by atoms with Crippen LogP contribution in [-0.2, 0) is 22.8 Å². The lowest BCUT2D eigenvalue weighted by Crippen LogP contribution is -2.50. The molecule has 4 rings (SSSR count). The van der Waals surface area contributed by atoms with Gasteiger partial charge in [0.2, 0.25) is 0 Å². The van der Waals surface area contributed by atoms with E-state index in [0.717, 1.165) is 0 Å². The number of hydrogen-bond donors (Lipinski definition) is 2. The van der Waals surface area contributed by atoms with E-state index in [2.05, 4.69) is 74.5 Å². The Morgan fingerprint density at radius 3 is 2.24 bits per heavy atom. The van der Waals surface area contributed by atoms with E-state index in [1.54, 1.807) is 10.9 Å². The molecule has 0 aliphatic carbocycles. The van der Waals surface area contributed by atoms with Gasteiger partial charge in [-0.3, -0.25) is 13.6 Å². The van der Waals surface area contributed by atoms with Crippen LogP contribution in [0.15, 0.2) is 12.7 Å². The lowest BCUT2D eigenvalue weighted by molar-refractivity contribution is -0.0664. The second-order valence-corrected chi connectivity index (χ2v) is 18.9. The van der Waals surface area contributed by atoms with Crippen LogP contribution in [0.3, 0.4) is 0 Å². The average molecular weight is 629 g/mol.